The minimum absolute atomic E-state index is 0.398. The first-order chi connectivity index (χ1) is 8.29. The van der Waals surface area contributed by atoms with Crippen LogP contribution in [0.1, 0.15) is 22.9 Å². The summed E-state index contributed by atoms with van der Waals surface area (Å²) in [6, 6.07) is 12.8. The number of benzene rings is 1. The monoisotopic (exact) mass is 265 g/mol. The van der Waals surface area contributed by atoms with Crippen molar-refractivity contribution in [1.82, 2.24) is 5.32 Å². The number of hydrogen-bond donors (Lipinski definition) is 1. The summed E-state index contributed by atoms with van der Waals surface area (Å²) in [5.74, 6) is 0. The largest absolute Gasteiger partial charge is 0.313 e. The summed E-state index contributed by atoms with van der Waals surface area (Å²) in [6.07, 6.45) is 2.23. The average Bonchev–Trinajstić information content (AvgIpc) is 2.85. The second kappa shape index (κ2) is 6.20. The molecule has 1 atom stereocenters. The van der Waals surface area contributed by atoms with Crippen molar-refractivity contribution >= 4 is 22.9 Å². The Kier molecular flexibility index (Phi) is 4.60. The van der Waals surface area contributed by atoms with Crippen LogP contribution in [0.5, 0.6) is 0 Å². The van der Waals surface area contributed by atoms with Gasteiger partial charge in [-0.25, -0.2) is 0 Å². The number of thiophene rings is 1. The number of aryl methyl sites for hydroxylation is 1. The van der Waals surface area contributed by atoms with Gasteiger partial charge in [0.2, 0.25) is 0 Å². The van der Waals surface area contributed by atoms with Crippen LogP contribution < -0.4 is 5.32 Å². The highest BCUT2D eigenvalue weighted by molar-refractivity contribution is 7.09. The molecule has 1 aromatic carbocycles. The Bertz CT molecular complexity index is 436. The van der Waals surface area contributed by atoms with Gasteiger partial charge in [-0.1, -0.05) is 29.8 Å². The van der Waals surface area contributed by atoms with E-state index < -0.39 is 0 Å². The Hall–Kier alpha value is -0.830. The molecule has 1 aromatic heterocycles. The van der Waals surface area contributed by atoms with Crippen molar-refractivity contribution in [2.24, 2.45) is 0 Å². The van der Waals surface area contributed by atoms with Crippen LogP contribution in [0.3, 0.4) is 0 Å². The van der Waals surface area contributed by atoms with Gasteiger partial charge in [0.25, 0.3) is 0 Å². The number of hydrogen-bond acceptors (Lipinski definition) is 2. The molecule has 0 radical (unpaired) electrons. The maximum atomic E-state index is 5.90. The Labute approximate surface area is 111 Å². The third-order valence-corrected chi connectivity index (χ3v) is 4.07. The quantitative estimate of drug-likeness (QED) is 0.850. The lowest BCUT2D eigenvalue weighted by molar-refractivity contribution is 0.551. The molecule has 0 aliphatic heterocycles. The molecule has 0 saturated heterocycles. The summed E-state index contributed by atoms with van der Waals surface area (Å²) in [4.78, 5) is 1.44. The molecule has 0 saturated carbocycles. The van der Waals surface area contributed by atoms with Crippen molar-refractivity contribution in [3.05, 3.63) is 57.2 Å². The Balaban J connectivity index is 1.99. The molecule has 1 nitrogen and oxygen atoms in total. The molecule has 90 valence electrons. The SMILES string of the molecule is CNC(CCc1cccs1)c1ccc(Cl)cc1. The van der Waals surface area contributed by atoms with Crippen molar-refractivity contribution in [2.45, 2.75) is 18.9 Å². The molecule has 3 heteroatoms. The van der Waals surface area contributed by atoms with Crippen LogP contribution in [0.25, 0.3) is 0 Å². The third kappa shape index (κ3) is 3.56. The maximum Gasteiger partial charge on any atom is 0.0406 e. The second-order valence-corrected chi connectivity index (χ2v) is 5.48. The normalized spacial score (nSPS) is 12.6. The van der Waals surface area contributed by atoms with Crippen LogP contribution in [0, 0.1) is 0 Å². The van der Waals surface area contributed by atoms with E-state index in [0.29, 0.717) is 6.04 Å². The maximum absolute atomic E-state index is 5.90. The summed E-state index contributed by atoms with van der Waals surface area (Å²) in [5, 5.41) is 6.29. The van der Waals surface area contributed by atoms with Gasteiger partial charge >= 0.3 is 0 Å². The molecule has 0 amide bonds. The highest BCUT2D eigenvalue weighted by Crippen LogP contribution is 2.22. The molecule has 2 rings (SSSR count). The molecule has 17 heavy (non-hydrogen) atoms. The van der Waals surface area contributed by atoms with Crippen LogP contribution in [0.15, 0.2) is 41.8 Å². The van der Waals surface area contributed by atoms with E-state index in [9.17, 15) is 0 Å². The zero-order valence-corrected chi connectivity index (χ0v) is 11.4. The van der Waals surface area contributed by atoms with Gasteiger partial charge in [-0.2, -0.15) is 0 Å². The van der Waals surface area contributed by atoms with Gasteiger partial charge in [0, 0.05) is 15.9 Å². The zero-order valence-electron chi connectivity index (χ0n) is 9.82. The number of halogens is 1. The minimum atomic E-state index is 0.398. The molecule has 2 aromatic rings. The fraction of sp³-hybridized carbons (Fsp3) is 0.286. The predicted molar refractivity (Wildman–Crippen MR) is 75.9 cm³/mol. The first-order valence-corrected chi connectivity index (χ1v) is 7.00. The highest BCUT2D eigenvalue weighted by Gasteiger charge is 2.09. The standard InChI is InChI=1S/C14H16ClNS/c1-16-14(9-8-13-3-2-10-17-13)11-4-6-12(15)7-5-11/h2-7,10,14,16H,8-9H2,1H3. The number of rotatable bonds is 5. The summed E-state index contributed by atoms with van der Waals surface area (Å²) in [7, 11) is 2.01. The first kappa shape index (κ1) is 12.6. The molecule has 0 aliphatic rings. The van der Waals surface area contributed by atoms with Crippen molar-refractivity contribution < 1.29 is 0 Å². The van der Waals surface area contributed by atoms with Crippen molar-refractivity contribution in [3.63, 3.8) is 0 Å². The molecule has 1 N–H and O–H groups in total. The Morgan fingerprint density at radius 3 is 2.59 bits per heavy atom. The van der Waals surface area contributed by atoms with E-state index in [1.165, 1.54) is 10.4 Å². The molecular weight excluding hydrogens is 250 g/mol. The van der Waals surface area contributed by atoms with Crippen LogP contribution in [-0.2, 0) is 6.42 Å². The summed E-state index contributed by atoms with van der Waals surface area (Å²) in [5.41, 5.74) is 1.30. The molecule has 0 bridgehead atoms. The minimum Gasteiger partial charge on any atom is -0.313 e. The van der Waals surface area contributed by atoms with E-state index in [4.69, 9.17) is 11.6 Å². The van der Waals surface area contributed by atoms with Gasteiger partial charge in [-0.3, -0.25) is 0 Å². The van der Waals surface area contributed by atoms with Crippen LogP contribution in [0.2, 0.25) is 5.02 Å². The lowest BCUT2D eigenvalue weighted by Gasteiger charge is -2.16. The van der Waals surface area contributed by atoms with Crippen molar-refractivity contribution in [2.75, 3.05) is 7.05 Å². The fourth-order valence-electron chi connectivity index (χ4n) is 1.91. The smallest absolute Gasteiger partial charge is 0.0406 e. The van der Waals surface area contributed by atoms with Gasteiger partial charge in [-0.05, 0) is 49.0 Å². The number of nitrogens with one attached hydrogen (secondary N) is 1. The van der Waals surface area contributed by atoms with Crippen LogP contribution in [0.4, 0.5) is 0 Å². The van der Waals surface area contributed by atoms with E-state index in [0.717, 1.165) is 17.9 Å². The predicted octanol–water partition coefficient (Wildman–Crippen LogP) is 4.29. The van der Waals surface area contributed by atoms with Gasteiger partial charge in [0.15, 0.2) is 0 Å². The van der Waals surface area contributed by atoms with Crippen LogP contribution in [-0.4, -0.2) is 7.05 Å². The Morgan fingerprint density at radius 1 is 1.24 bits per heavy atom. The summed E-state index contributed by atoms with van der Waals surface area (Å²) < 4.78 is 0. The van der Waals surface area contributed by atoms with Crippen molar-refractivity contribution in [3.8, 4) is 0 Å². The third-order valence-electron chi connectivity index (χ3n) is 2.88. The van der Waals surface area contributed by atoms with Gasteiger partial charge < -0.3 is 5.32 Å². The van der Waals surface area contributed by atoms with E-state index >= 15 is 0 Å². The zero-order chi connectivity index (χ0) is 12.1. The van der Waals surface area contributed by atoms with Gasteiger partial charge in [-0.15, -0.1) is 11.3 Å². The van der Waals surface area contributed by atoms with E-state index in [1.807, 2.05) is 30.5 Å². The van der Waals surface area contributed by atoms with E-state index in [2.05, 4.69) is 35.0 Å². The fourth-order valence-corrected chi connectivity index (χ4v) is 2.76. The Morgan fingerprint density at radius 2 is 2.00 bits per heavy atom. The lowest BCUT2D eigenvalue weighted by Crippen LogP contribution is -2.16. The highest BCUT2D eigenvalue weighted by atomic mass is 35.5. The summed E-state index contributed by atoms with van der Waals surface area (Å²) >= 11 is 7.72. The second-order valence-electron chi connectivity index (χ2n) is 4.01. The topological polar surface area (TPSA) is 12.0 Å². The van der Waals surface area contributed by atoms with Gasteiger partial charge in [0.1, 0.15) is 0 Å². The molecule has 0 spiro atoms. The molecule has 0 fully saturated rings. The average molecular weight is 266 g/mol. The van der Waals surface area contributed by atoms with Crippen LogP contribution >= 0.6 is 22.9 Å². The van der Waals surface area contributed by atoms with E-state index in [-0.39, 0.29) is 0 Å². The molecule has 0 aliphatic carbocycles. The lowest BCUT2D eigenvalue weighted by atomic mass is 10.0. The molecule has 1 unspecified atom stereocenters. The van der Waals surface area contributed by atoms with Gasteiger partial charge in [0.05, 0.1) is 0 Å². The molecule has 1 heterocycles. The molecular formula is C14H16ClNS. The summed E-state index contributed by atoms with van der Waals surface area (Å²) in [6.45, 7) is 0. The first-order valence-electron chi connectivity index (χ1n) is 5.74. The van der Waals surface area contributed by atoms with Crippen molar-refractivity contribution in [1.29, 1.82) is 0 Å². The van der Waals surface area contributed by atoms with E-state index in [1.54, 1.807) is 0 Å².